The van der Waals surface area contributed by atoms with Gasteiger partial charge >= 0.3 is 0 Å². The van der Waals surface area contributed by atoms with Crippen LogP contribution in [0.4, 0.5) is 0 Å². The Bertz CT molecular complexity index is 1920. The average Bonchev–Trinajstić information content (AvgIpc) is 3.46. The van der Waals surface area contributed by atoms with E-state index in [-0.39, 0.29) is 11.0 Å². The van der Waals surface area contributed by atoms with Gasteiger partial charge in [0.2, 0.25) is 0 Å². The minimum Gasteiger partial charge on any atom is -0.489 e. The molecule has 0 fully saturated rings. The minimum absolute atomic E-state index is 0.0591. The second-order valence-corrected chi connectivity index (χ2v) is 21.2. The molecule has 0 saturated heterocycles. The Morgan fingerprint density at radius 1 is 0.686 bits per heavy atom. The van der Waals surface area contributed by atoms with Gasteiger partial charge in [0.15, 0.2) is 0 Å². The molecule has 0 N–H and O–H groups in total. The first kappa shape index (κ1) is 36.6. The molecule has 1 aliphatic rings. The molecule has 0 bridgehead atoms. The molecule has 0 radical (unpaired) electrons. The molecule has 0 spiro atoms. The van der Waals surface area contributed by atoms with Crippen molar-refractivity contribution in [2.45, 2.75) is 104 Å². The topological polar surface area (TPSA) is 9.23 Å². The van der Waals surface area contributed by atoms with Crippen molar-refractivity contribution in [2.75, 3.05) is 6.61 Å². The number of aryl methyl sites for hydroxylation is 1. The van der Waals surface area contributed by atoms with E-state index < -0.39 is 8.07 Å². The summed E-state index contributed by atoms with van der Waals surface area (Å²) in [6, 6.07) is 37.8. The third-order valence-corrected chi connectivity index (χ3v) is 15.5. The molecule has 2 heteroatoms. The minimum atomic E-state index is -2.35. The maximum absolute atomic E-state index is 6.70. The number of benzene rings is 5. The Balaban J connectivity index is 1.55. The zero-order chi connectivity index (χ0) is 36.7. The highest BCUT2D eigenvalue weighted by Gasteiger charge is 2.45. The van der Waals surface area contributed by atoms with Gasteiger partial charge in [0, 0.05) is 5.54 Å². The summed E-state index contributed by atoms with van der Waals surface area (Å²) in [5.41, 5.74) is 16.4. The van der Waals surface area contributed by atoms with Crippen LogP contribution < -0.4 is 9.92 Å². The van der Waals surface area contributed by atoms with Gasteiger partial charge in [-0.3, -0.25) is 0 Å². The molecule has 0 aromatic heterocycles. The summed E-state index contributed by atoms with van der Waals surface area (Å²) in [5.74, 6) is 2.19. The van der Waals surface area contributed by atoms with Crippen molar-refractivity contribution < 1.29 is 4.74 Å². The summed E-state index contributed by atoms with van der Waals surface area (Å²) in [7, 11) is -2.35. The molecule has 0 heterocycles. The van der Waals surface area contributed by atoms with E-state index in [0.29, 0.717) is 18.4 Å². The Labute approximate surface area is 309 Å². The highest BCUT2D eigenvalue weighted by Crippen LogP contribution is 2.52. The predicted octanol–water partition coefficient (Wildman–Crippen LogP) is 13.5. The molecule has 5 aromatic carbocycles. The molecule has 5 aromatic rings. The third-order valence-electron chi connectivity index (χ3n) is 11.7. The van der Waals surface area contributed by atoms with Crippen molar-refractivity contribution in [1.82, 2.24) is 0 Å². The average molecular weight is 691 g/mol. The molecule has 1 aliphatic carbocycles. The fourth-order valence-electron chi connectivity index (χ4n) is 8.14. The molecule has 51 heavy (non-hydrogen) atoms. The maximum Gasteiger partial charge on any atom is 0.122 e. The lowest BCUT2D eigenvalue weighted by atomic mass is 9.85. The van der Waals surface area contributed by atoms with Crippen LogP contribution in [0.5, 0.6) is 5.75 Å². The van der Waals surface area contributed by atoms with Crippen LogP contribution in [-0.4, -0.2) is 14.7 Å². The SMILES string of the molecule is C=CCOc1c(C(C)(C)C)cc(C)cc1[Si](C)(C)C1c2cc(-c3ccc(C(C)CC)cc3)ccc2-c2ccc(-c3ccc(C(C)CC)cc3)cc21. The van der Waals surface area contributed by atoms with Gasteiger partial charge in [0.1, 0.15) is 12.4 Å². The highest BCUT2D eigenvalue weighted by molar-refractivity contribution is 6.92. The van der Waals surface area contributed by atoms with Crippen LogP contribution >= 0.6 is 0 Å². The van der Waals surface area contributed by atoms with Crippen LogP contribution in [0, 0.1) is 6.92 Å². The van der Waals surface area contributed by atoms with Crippen LogP contribution in [0.1, 0.15) is 112 Å². The molecule has 2 unspecified atom stereocenters. The highest BCUT2D eigenvalue weighted by atomic mass is 28.3. The second kappa shape index (κ2) is 14.5. The normalized spacial score (nSPS) is 15.2. The van der Waals surface area contributed by atoms with Gasteiger partial charge in [-0.2, -0.15) is 0 Å². The first-order valence-electron chi connectivity index (χ1n) is 19.2. The fraction of sp³-hybridized carbons (Fsp3) is 0.347. The summed E-state index contributed by atoms with van der Waals surface area (Å²) in [6.07, 6.45) is 4.18. The molecule has 0 aliphatic heterocycles. The first-order chi connectivity index (χ1) is 24.3. The van der Waals surface area contributed by atoms with Crippen molar-refractivity contribution >= 4 is 13.3 Å². The maximum atomic E-state index is 6.70. The van der Waals surface area contributed by atoms with E-state index >= 15 is 0 Å². The van der Waals surface area contributed by atoms with E-state index in [1.807, 2.05) is 6.08 Å². The van der Waals surface area contributed by atoms with E-state index in [1.54, 1.807) is 0 Å². The summed E-state index contributed by atoms with van der Waals surface area (Å²) in [6.45, 7) is 28.0. The van der Waals surface area contributed by atoms with E-state index in [4.69, 9.17) is 4.74 Å². The summed E-state index contributed by atoms with van der Waals surface area (Å²) in [5, 5.41) is 1.39. The van der Waals surface area contributed by atoms with Gasteiger partial charge in [0.25, 0.3) is 0 Å². The molecule has 6 rings (SSSR count). The first-order valence-corrected chi connectivity index (χ1v) is 22.2. The predicted molar refractivity (Wildman–Crippen MR) is 225 cm³/mol. The van der Waals surface area contributed by atoms with Crippen molar-refractivity contribution in [3.05, 3.63) is 143 Å². The lowest BCUT2D eigenvalue weighted by molar-refractivity contribution is 0.353. The second-order valence-electron chi connectivity index (χ2n) is 16.7. The third kappa shape index (κ3) is 7.05. The standard InChI is InChI=1S/C49H58OSi/c1-12-27-50-47-45(49(7,8)9)28-32(4)29-46(47)51(10,11)48-43-30-39(37-19-15-35(16-20-37)33(5)13-2)23-25-41(43)42-26-24-40(31-44(42)48)38-21-17-36(18-22-38)34(6)14-3/h12,15-26,28-31,33-34,48H,1,13-14,27H2,2-11H3. The van der Waals surface area contributed by atoms with Crippen molar-refractivity contribution in [2.24, 2.45) is 0 Å². The Kier molecular flexibility index (Phi) is 10.4. The Morgan fingerprint density at radius 3 is 1.55 bits per heavy atom. The van der Waals surface area contributed by atoms with Crippen molar-refractivity contribution in [3.63, 3.8) is 0 Å². The molecule has 0 amide bonds. The van der Waals surface area contributed by atoms with Gasteiger partial charge in [0.05, 0.1) is 8.07 Å². The van der Waals surface area contributed by atoms with Crippen molar-refractivity contribution in [1.29, 1.82) is 0 Å². The van der Waals surface area contributed by atoms with Gasteiger partial charge in [-0.05, 0) is 103 Å². The van der Waals surface area contributed by atoms with E-state index in [9.17, 15) is 0 Å². The van der Waals surface area contributed by atoms with Gasteiger partial charge in [-0.25, -0.2) is 0 Å². The number of rotatable bonds is 11. The molecule has 1 nitrogen and oxygen atoms in total. The van der Waals surface area contributed by atoms with Crippen molar-refractivity contribution in [3.8, 4) is 39.1 Å². The molecule has 2 atom stereocenters. The monoisotopic (exact) mass is 690 g/mol. The molecular weight excluding hydrogens is 633 g/mol. The zero-order valence-corrected chi connectivity index (χ0v) is 33.8. The van der Waals surface area contributed by atoms with E-state index in [0.717, 1.165) is 18.6 Å². The summed E-state index contributed by atoms with van der Waals surface area (Å²) >= 11 is 0. The van der Waals surface area contributed by atoms with Gasteiger partial charge in [-0.1, -0.05) is 177 Å². The molecular formula is C49H58OSi. The van der Waals surface area contributed by atoms with Gasteiger partial charge in [-0.15, -0.1) is 0 Å². The number of ether oxygens (including phenoxy) is 1. The largest absolute Gasteiger partial charge is 0.489 e. The zero-order valence-electron chi connectivity index (χ0n) is 32.8. The quantitative estimate of drug-likeness (QED) is 0.0990. The van der Waals surface area contributed by atoms with Gasteiger partial charge < -0.3 is 4.74 Å². The van der Waals surface area contributed by atoms with Crippen LogP contribution in [-0.2, 0) is 5.41 Å². The number of hydrogen-bond acceptors (Lipinski definition) is 1. The summed E-state index contributed by atoms with van der Waals surface area (Å²) in [4.78, 5) is 0. The smallest absolute Gasteiger partial charge is 0.122 e. The van der Waals surface area contributed by atoms with Crippen LogP contribution in [0.25, 0.3) is 33.4 Å². The summed E-state index contributed by atoms with van der Waals surface area (Å²) < 4.78 is 6.70. The van der Waals surface area contributed by atoms with Crippen LogP contribution in [0.15, 0.2) is 110 Å². The van der Waals surface area contributed by atoms with Crippen LogP contribution in [0.2, 0.25) is 13.1 Å². The number of hydrogen-bond donors (Lipinski definition) is 0. The molecule has 264 valence electrons. The number of fused-ring (bicyclic) bond motifs is 3. The lowest BCUT2D eigenvalue weighted by Gasteiger charge is -2.36. The van der Waals surface area contributed by atoms with E-state index in [1.165, 1.54) is 71.9 Å². The van der Waals surface area contributed by atoms with E-state index in [2.05, 4.69) is 172 Å². The lowest BCUT2D eigenvalue weighted by Crippen LogP contribution is -2.49. The fourth-order valence-corrected chi connectivity index (χ4v) is 11.9. The Morgan fingerprint density at radius 2 is 1.14 bits per heavy atom. The Hall–Kier alpha value is -4.14. The van der Waals surface area contributed by atoms with Crippen LogP contribution in [0.3, 0.4) is 0 Å². The molecule has 0 saturated carbocycles.